The van der Waals surface area contributed by atoms with Gasteiger partial charge in [0.15, 0.2) is 0 Å². The van der Waals surface area contributed by atoms with Crippen molar-refractivity contribution in [3.05, 3.63) is 64.1 Å². The standard InChI is InChI=1S/C15H13BrN2O2/c1-20-14-7-3-5-12(9-14)15(19)18-17-10-11-4-2-6-13(16)8-11/h2-10H,1H3,(H,18,19). The number of rotatable bonds is 4. The Morgan fingerprint density at radius 2 is 2.05 bits per heavy atom. The molecule has 0 saturated heterocycles. The zero-order valence-electron chi connectivity index (χ0n) is 10.8. The molecule has 0 unspecified atom stereocenters. The minimum absolute atomic E-state index is 0.282. The first kappa shape index (κ1) is 14.3. The van der Waals surface area contributed by atoms with Gasteiger partial charge in [0, 0.05) is 10.0 Å². The maximum absolute atomic E-state index is 11.9. The number of hydrogen-bond donors (Lipinski definition) is 1. The average molecular weight is 333 g/mol. The van der Waals surface area contributed by atoms with Crippen molar-refractivity contribution >= 4 is 28.1 Å². The highest BCUT2D eigenvalue weighted by molar-refractivity contribution is 9.10. The van der Waals surface area contributed by atoms with Crippen LogP contribution in [0.25, 0.3) is 0 Å². The molecule has 0 aliphatic rings. The average Bonchev–Trinajstić information content (AvgIpc) is 2.47. The number of hydrogen-bond acceptors (Lipinski definition) is 3. The van der Waals surface area contributed by atoms with Gasteiger partial charge in [0.25, 0.3) is 5.91 Å². The summed E-state index contributed by atoms with van der Waals surface area (Å²) in [5.41, 5.74) is 3.87. The fraction of sp³-hybridized carbons (Fsp3) is 0.0667. The van der Waals surface area contributed by atoms with Crippen molar-refractivity contribution in [1.82, 2.24) is 5.43 Å². The Kier molecular flexibility index (Phi) is 4.90. The lowest BCUT2D eigenvalue weighted by Gasteiger charge is -2.03. The van der Waals surface area contributed by atoms with E-state index in [-0.39, 0.29) is 5.91 Å². The summed E-state index contributed by atoms with van der Waals surface area (Å²) in [5.74, 6) is 0.351. The molecule has 0 aliphatic carbocycles. The zero-order chi connectivity index (χ0) is 14.4. The van der Waals surface area contributed by atoms with Crippen LogP contribution in [0.4, 0.5) is 0 Å². The monoisotopic (exact) mass is 332 g/mol. The van der Waals surface area contributed by atoms with Gasteiger partial charge in [-0.15, -0.1) is 0 Å². The molecule has 20 heavy (non-hydrogen) atoms. The van der Waals surface area contributed by atoms with E-state index in [1.54, 1.807) is 37.6 Å². The molecule has 2 rings (SSSR count). The van der Waals surface area contributed by atoms with Gasteiger partial charge in [0.1, 0.15) is 5.75 Å². The van der Waals surface area contributed by atoms with Gasteiger partial charge in [0.05, 0.1) is 13.3 Å². The maximum Gasteiger partial charge on any atom is 0.271 e. The van der Waals surface area contributed by atoms with E-state index < -0.39 is 0 Å². The van der Waals surface area contributed by atoms with Crippen molar-refractivity contribution in [2.45, 2.75) is 0 Å². The van der Waals surface area contributed by atoms with Crippen molar-refractivity contribution in [1.29, 1.82) is 0 Å². The van der Waals surface area contributed by atoms with Crippen LogP contribution in [0, 0.1) is 0 Å². The summed E-state index contributed by atoms with van der Waals surface area (Å²) in [7, 11) is 1.56. The molecule has 0 saturated carbocycles. The summed E-state index contributed by atoms with van der Waals surface area (Å²) in [6.45, 7) is 0. The molecule has 1 N–H and O–H groups in total. The largest absolute Gasteiger partial charge is 0.497 e. The van der Waals surface area contributed by atoms with Crippen LogP contribution in [0.15, 0.2) is 58.1 Å². The lowest BCUT2D eigenvalue weighted by atomic mass is 10.2. The fourth-order valence-electron chi connectivity index (χ4n) is 1.58. The lowest BCUT2D eigenvalue weighted by Crippen LogP contribution is -2.17. The second-order valence-corrected chi connectivity index (χ2v) is 4.90. The maximum atomic E-state index is 11.9. The number of amides is 1. The minimum atomic E-state index is -0.282. The fourth-order valence-corrected chi connectivity index (χ4v) is 2.00. The third-order valence-electron chi connectivity index (χ3n) is 2.56. The highest BCUT2D eigenvalue weighted by Crippen LogP contribution is 2.12. The minimum Gasteiger partial charge on any atom is -0.497 e. The van der Waals surface area contributed by atoms with Crippen molar-refractivity contribution in [2.75, 3.05) is 7.11 Å². The quantitative estimate of drug-likeness (QED) is 0.690. The first-order valence-corrected chi connectivity index (χ1v) is 6.71. The van der Waals surface area contributed by atoms with Gasteiger partial charge >= 0.3 is 0 Å². The van der Waals surface area contributed by atoms with Crippen LogP contribution in [0.5, 0.6) is 5.75 Å². The third kappa shape index (κ3) is 3.93. The summed E-state index contributed by atoms with van der Waals surface area (Å²) in [5, 5.41) is 3.93. The Bertz CT molecular complexity index is 641. The van der Waals surface area contributed by atoms with E-state index in [2.05, 4.69) is 26.5 Å². The highest BCUT2D eigenvalue weighted by atomic mass is 79.9. The Labute approximate surface area is 125 Å². The summed E-state index contributed by atoms with van der Waals surface area (Å²) >= 11 is 3.37. The van der Waals surface area contributed by atoms with Crippen LogP contribution in [0.3, 0.4) is 0 Å². The first-order chi connectivity index (χ1) is 9.69. The van der Waals surface area contributed by atoms with Gasteiger partial charge in [-0.25, -0.2) is 5.43 Å². The van der Waals surface area contributed by atoms with Crippen LogP contribution in [-0.2, 0) is 0 Å². The molecule has 0 heterocycles. The molecular weight excluding hydrogens is 320 g/mol. The molecule has 0 spiro atoms. The predicted octanol–water partition coefficient (Wildman–Crippen LogP) is 3.22. The van der Waals surface area contributed by atoms with Crippen LogP contribution < -0.4 is 10.2 Å². The number of benzene rings is 2. The second-order valence-electron chi connectivity index (χ2n) is 3.99. The lowest BCUT2D eigenvalue weighted by molar-refractivity contribution is 0.0955. The number of carbonyl (C=O) groups is 1. The zero-order valence-corrected chi connectivity index (χ0v) is 12.4. The summed E-state index contributed by atoms with van der Waals surface area (Å²) in [4.78, 5) is 11.9. The Hall–Kier alpha value is -2.14. The molecule has 2 aromatic rings. The van der Waals surface area contributed by atoms with Crippen molar-refractivity contribution in [2.24, 2.45) is 5.10 Å². The molecule has 1 amide bonds. The number of hydrazone groups is 1. The van der Waals surface area contributed by atoms with Gasteiger partial charge < -0.3 is 4.74 Å². The van der Waals surface area contributed by atoms with E-state index in [4.69, 9.17) is 4.74 Å². The van der Waals surface area contributed by atoms with Gasteiger partial charge in [-0.2, -0.15) is 5.10 Å². The van der Waals surface area contributed by atoms with Crippen molar-refractivity contribution in [3.8, 4) is 5.75 Å². The van der Waals surface area contributed by atoms with Crippen LogP contribution in [0.1, 0.15) is 15.9 Å². The molecule has 5 heteroatoms. The van der Waals surface area contributed by atoms with E-state index in [9.17, 15) is 4.79 Å². The van der Waals surface area contributed by atoms with Gasteiger partial charge in [-0.3, -0.25) is 4.79 Å². The number of methoxy groups -OCH3 is 1. The topological polar surface area (TPSA) is 50.7 Å². The number of nitrogens with zero attached hydrogens (tertiary/aromatic N) is 1. The number of ether oxygens (including phenoxy) is 1. The highest BCUT2D eigenvalue weighted by Gasteiger charge is 2.04. The van der Waals surface area contributed by atoms with Crippen molar-refractivity contribution in [3.63, 3.8) is 0 Å². The molecule has 0 aromatic heterocycles. The Morgan fingerprint density at radius 3 is 2.80 bits per heavy atom. The van der Waals surface area contributed by atoms with Crippen LogP contribution >= 0.6 is 15.9 Å². The van der Waals surface area contributed by atoms with Gasteiger partial charge in [0.2, 0.25) is 0 Å². The summed E-state index contributed by atoms with van der Waals surface area (Å²) in [6.07, 6.45) is 1.59. The molecule has 0 aliphatic heterocycles. The smallest absolute Gasteiger partial charge is 0.271 e. The molecule has 0 atom stereocenters. The van der Waals surface area contributed by atoms with E-state index >= 15 is 0 Å². The van der Waals surface area contributed by atoms with E-state index in [0.717, 1.165) is 10.0 Å². The first-order valence-electron chi connectivity index (χ1n) is 5.92. The third-order valence-corrected chi connectivity index (χ3v) is 3.05. The van der Waals surface area contributed by atoms with Gasteiger partial charge in [-0.1, -0.05) is 34.1 Å². The molecule has 0 fully saturated rings. The van der Waals surface area contributed by atoms with Crippen molar-refractivity contribution < 1.29 is 9.53 Å². The molecule has 4 nitrogen and oxygen atoms in total. The van der Waals surface area contributed by atoms with E-state index in [1.807, 2.05) is 24.3 Å². The SMILES string of the molecule is COc1cccc(C(=O)NN=Cc2cccc(Br)c2)c1. The Morgan fingerprint density at radius 1 is 1.25 bits per heavy atom. The number of halogens is 1. The van der Waals surface area contributed by atoms with Crippen LogP contribution in [0.2, 0.25) is 0 Å². The van der Waals surface area contributed by atoms with Crippen LogP contribution in [-0.4, -0.2) is 19.2 Å². The summed E-state index contributed by atoms with van der Waals surface area (Å²) < 4.78 is 6.03. The predicted molar refractivity (Wildman–Crippen MR) is 82.2 cm³/mol. The van der Waals surface area contributed by atoms with E-state index in [0.29, 0.717) is 11.3 Å². The second kappa shape index (κ2) is 6.86. The molecule has 0 bridgehead atoms. The van der Waals surface area contributed by atoms with Gasteiger partial charge in [-0.05, 0) is 35.9 Å². The normalized spacial score (nSPS) is 10.5. The number of carbonyl (C=O) groups excluding carboxylic acids is 1. The molecule has 0 radical (unpaired) electrons. The number of nitrogens with one attached hydrogen (secondary N) is 1. The molecule has 102 valence electrons. The van der Waals surface area contributed by atoms with E-state index in [1.165, 1.54) is 0 Å². The molecule has 2 aromatic carbocycles. The Balaban J connectivity index is 2.01. The molecular formula is C15H13BrN2O2. The summed E-state index contributed by atoms with van der Waals surface area (Å²) in [6, 6.07) is 14.5.